The van der Waals surface area contributed by atoms with Crippen LogP contribution in [-0.4, -0.2) is 35.8 Å². The quantitative estimate of drug-likeness (QED) is 0.785. The molecule has 0 bridgehead atoms. The van der Waals surface area contributed by atoms with E-state index in [4.69, 9.17) is 0 Å². The third kappa shape index (κ3) is 2.48. The zero-order chi connectivity index (χ0) is 14.8. The fourth-order valence-corrected chi connectivity index (χ4v) is 1.90. The van der Waals surface area contributed by atoms with Crippen LogP contribution in [0.4, 0.5) is 0 Å². The molecule has 0 unspecified atom stereocenters. The zero-order valence-electron chi connectivity index (χ0n) is 11.1. The molecule has 3 rings (SSSR count). The van der Waals surface area contributed by atoms with Gasteiger partial charge in [0.15, 0.2) is 5.82 Å². The third-order valence-corrected chi connectivity index (χ3v) is 2.89. The molecular formula is C14H11N5O2. The van der Waals surface area contributed by atoms with E-state index in [-0.39, 0.29) is 11.3 Å². The summed E-state index contributed by atoms with van der Waals surface area (Å²) in [4.78, 5) is 23.6. The number of pyridine rings is 1. The molecule has 7 nitrogen and oxygen atoms in total. The number of hydrogen-bond donors (Lipinski definition) is 1. The van der Waals surface area contributed by atoms with E-state index in [1.54, 1.807) is 6.20 Å². The minimum Gasteiger partial charge on any atom is -0.478 e. The normalized spacial score (nSPS) is 10.5. The highest BCUT2D eigenvalue weighted by Crippen LogP contribution is 2.20. The Balaban J connectivity index is 2.15. The predicted molar refractivity (Wildman–Crippen MR) is 74.1 cm³/mol. The number of aryl methyl sites for hydroxylation is 1. The van der Waals surface area contributed by atoms with Gasteiger partial charge in [-0.05, 0) is 24.6 Å². The van der Waals surface area contributed by atoms with Crippen molar-refractivity contribution in [1.82, 2.24) is 24.7 Å². The molecule has 0 amide bonds. The van der Waals surface area contributed by atoms with Gasteiger partial charge >= 0.3 is 5.97 Å². The maximum absolute atomic E-state index is 11.4. The molecule has 3 aromatic rings. The molecule has 7 heteroatoms. The molecule has 0 saturated carbocycles. The molecular weight excluding hydrogens is 270 g/mol. The van der Waals surface area contributed by atoms with Gasteiger partial charge in [-0.25, -0.2) is 14.5 Å². The summed E-state index contributed by atoms with van der Waals surface area (Å²) < 4.78 is 1.43. The molecule has 0 aliphatic rings. The van der Waals surface area contributed by atoms with E-state index in [2.05, 4.69) is 20.1 Å². The number of carboxylic acid groups (broad SMARTS) is 1. The van der Waals surface area contributed by atoms with Gasteiger partial charge in [-0.2, -0.15) is 5.10 Å². The number of aromatic carboxylic acids is 1. The standard InChI is InChI=1S/C14H11N5O2/c1-9-2-3-17-12(6-9)19-8-10(14(20)21)13(18-19)11-7-15-4-5-16-11/h2-8H,1H3,(H,20,21). The number of carboxylic acids is 1. The summed E-state index contributed by atoms with van der Waals surface area (Å²) in [5, 5.41) is 13.6. The molecule has 3 heterocycles. The maximum Gasteiger partial charge on any atom is 0.339 e. The Morgan fingerprint density at radius 3 is 2.76 bits per heavy atom. The summed E-state index contributed by atoms with van der Waals surface area (Å²) in [5.41, 5.74) is 1.73. The van der Waals surface area contributed by atoms with Crippen molar-refractivity contribution in [1.29, 1.82) is 0 Å². The van der Waals surface area contributed by atoms with Gasteiger partial charge in [-0.3, -0.25) is 9.97 Å². The first kappa shape index (κ1) is 12.9. The lowest BCUT2D eigenvalue weighted by atomic mass is 10.2. The minimum atomic E-state index is -1.07. The second kappa shape index (κ2) is 5.12. The van der Waals surface area contributed by atoms with E-state index >= 15 is 0 Å². The molecule has 0 saturated heterocycles. The van der Waals surface area contributed by atoms with Crippen LogP contribution in [0.25, 0.3) is 17.2 Å². The van der Waals surface area contributed by atoms with E-state index < -0.39 is 5.97 Å². The first-order valence-electron chi connectivity index (χ1n) is 6.17. The second-order valence-corrected chi connectivity index (χ2v) is 4.42. The van der Waals surface area contributed by atoms with E-state index in [9.17, 15) is 9.90 Å². The van der Waals surface area contributed by atoms with Gasteiger partial charge in [0.25, 0.3) is 0 Å². The van der Waals surface area contributed by atoms with Crippen LogP contribution < -0.4 is 0 Å². The number of carbonyl (C=O) groups is 1. The Hall–Kier alpha value is -3.09. The van der Waals surface area contributed by atoms with Gasteiger partial charge < -0.3 is 5.11 Å². The van der Waals surface area contributed by atoms with Crippen molar-refractivity contribution in [2.75, 3.05) is 0 Å². The van der Waals surface area contributed by atoms with Gasteiger partial charge in [0, 0.05) is 24.8 Å². The summed E-state index contributed by atoms with van der Waals surface area (Å²) in [7, 11) is 0. The van der Waals surface area contributed by atoms with Crippen molar-refractivity contribution in [3.63, 3.8) is 0 Å². The van der Waals surface area contributed by atoms with E-state index in [0.29, 0.717) is 11.5 Å². The Labute approximate surface area is 119 Å². The molecule has 0 aliphatic heterocycles. The Kier molecular flexibility index (Phi) is 3.15. The molecule has 0 aromatic carbocycles. The summed E-state index contributed by atoms with van der Waals surface area (Å²) >= 11 is 0. The van der Waals surface area contributed by atoms with E-state index in [1.165, 1.54) is 29.5 Å². The zero-order valence-corrected chi connectivity index (χ0v) is 11.1. The average Bonchev–Trinajstić information content (AvgIpc) is 2.93. The molecule has 0 spiro atoms. The van der Waals surface area contributed by atoms with Crippen molar-refractivity contribution >= 4 is 5.97 Å². The van der Waals surface area contributed by atoms with Crippen molar-refractivity contribution < 1.29 is 9.90 Å². The number of nitrogens with zero attached hydrogens (tertiary/aromatic N) is 5. The lowest BCUT2D eigenvalue weighted by Gasteiger charge is -2.00. The summed E-state index contributed by atoms with van der Waals surface area (Å²) in [5.74, 6) is -0.526. The summed E-state index contributed by atoms with van der Waals surface area (Å²) in [6, 6.07) is 3.67. The van der Waals surface area contributed by atoms with E-state index in [1.807, 2.05) is 19.1 Å². The first-order valence-corrected chi connectivity index (χ1v) is 6.17. The first-order chi connectivity index (χ1) is 10.1. The molecule has 0 aliphatic carbocycles. The van der Waals surface area contributed by atoms with Crippen LogP contribution in [0.5, 0.6) is 0 Å². The van der Waals surface area contributed by atoms with Crippen LogP contribution in [0.3, 0.4) is 0 Å². The molecule has 3 aromatic heterocycles. The van der Waals surface area contributed by atoms with Crippen LogP contribution in [-0.2, 0) is 0 Å². The number of hydrogen-bond acceptors (Lipinski definition) is 5. The predicted octanol–water partition coefficient (Wildman–Crippen LogP) is 1.73. The highest BCUT2D eigenvalue weighted by molar-refractivity contribution is 5.94. The van der Waals surface area contributed by atoms with E-state index in [0.717, 1.165) is 5.56 Å². The molecule has 0 atom stereocenters. The lowest BCUT2D eigenvalue weighted by Crippen LogP contribution is -1.98. The Morgan fingerprint density at radius 2 is 2.10 bits per heavy atom. The van der Waals surface area contributed by atoms with Gasteiger partial charge in [-0.15, -0.1) is 0 Å². The minimum absolute atomic E-state index is 0.0545. The van der Waals surface area contributed by atoms with Crippen molar-refractivity contribution in [3.8, 4) is 17.2 Å². The van der Waals surface area contributed by atoms with Gasteiger partial charge in [0.2, 0.25) is 0 Å². The van der Waals surface area contributed by atoms with Crippen molar-refractivity contribution in [2.45, 2.75) is 6.92 Å². The van der Waals surface area contributed by atoms with Crippen LogP contribution in [0.15, 0.2) is 43.1 Å². The van der Waals surface area contributed by atoms with Crippen LogP contribution in [0.2, 0.25) is 0 Å². The van der Waals surface area contributed by atoms with Crippen LogP contribution in [0, 0.1) is 6.92 Å². The SMILES string of the molecule is Cc1ccnc(-n2cc(C(=O)O)c(-c3cnccn3)n2)c1. The smallest absolute Gasteiger partial charge is 0.339 e. The molecule has 0 radical (unpaired) electrons. The molecule has 21 heavy (non-hydrogen) atoms. The third-order valence-electron chi connectivity index (χ3n) is 2.89. The molecule has 1 N–H and O–H groups in total. The number of aromatic nitrogens is 5. The Bertz CT molecular complexity index is 798. The highest BCUT2D eigenvalue weighted by atomic mass is 16.4. The average molecular weight is 281 g/mol. The summed E-state index contributed by atoms with van der Waals surface area (Å²) in [6.07, 6.45) is 7.56. The van der Waals surface area contributed by atoms with Crippen molar-refractivity contribution in [2.24, 2.45) is 0 Å². The largest absolute Gasteiger partial charge is 0.478 e. The van der Waals surface area contributed by atoms with Gasteiger partial charge in [-0.1, -0.05) is 0 Å². The van der Waals surface area contributed by atoms with Gasteiger partial charge in [0.1, 0.15) is 17.0 Å². The van der Waals surface area contributed by atoms with Gasteiger partial charge in [0.05, 0.1) is 6.20 Å². The highest BCUT2D eigenvalue weighted by Gasteiger charge is 2.19. The Morgan fingerprint density at radius 1 is 1.24 bits per heavy atom. The molecule has 0 fully saturated rings. The van der Waals surface area contributed by atoms with Crippen LogP contribution >= 0.6 is 0 Å². The monoisotopic (exact) mass is 281 g/mol. The topological polar surface area (TPSA) is 93.8 Å². The fraction of sp³-hybridized carbons (Fsp3) is 0.0714. The maximum atomic E-state index is 11.4. The number of rotatable bonds is 3. The lowest BCUT2D eigenvalue weighted by molar-refractivity contribution is 0.0697. The van der Waals surface area contributed by atoms with Crippen molar-refractivity contribution in [3.05, 3.63) is 54.2 Å². The second-order valence-electron chi connectivity index (χ2n) is 4.42. The summed E-state index contributed by atoms with van der Waals surface area (Å²) in [6.45, 7) is 1.93. The molecule has 104 valence electrons. The fourth-order valence-electron chi connectivity index (χ4n) is 1.90. The van der Waals surface area contributed by atoms with Crippen LogP contribution in [0.1, 0.15) is 15.9 Å².